The molecule has 0 spiro atoms. The molecule has 1 aliphatic heterocycles. The summed E-state index contributed by atoms with van der Waals surface area (Å²) in [6, 6.07) is 3.18. The van der Waals surface area contributed by atoms with Gasteiger partial charge in [0.15, 0.2) is 0 Å². The van der Waals surface area contributed by atoms with Crippen molar-refractivity contribution in [1.82, 2.24) is 9.21 Å². The van der Waals surface area contributed by atoms with E-state index in [0.717, 1.165) is 22.1 Å². The van der Waals surface area contributed by atoms with E-state index < -0.39 is 16.1 Å². The van der Waals surface area contributed by atoms with Gasteiger partial charge in [0.2, 0.25) is 5.91 Å². The largest absolute Gasteiger partial charge is 0.391 e. The van der Waals surface area contributed by atoms with E-state index in [1.165, 1.54) is 18.0 Å². The van der Waals surface area contributed by atoms with Crippen LogP contribution in [-0.4, -0.2) is 61.4 Å². The molecule has 118 valence electrons. The van der Waals surface area contributed by atoms with Gasteiger partial charge in [0.1, 0.15) is 4.21 Å². The van der Waals surface area contributed by atoms with Crippen molar-refractivity contribution in [3.63, 3.8) is 0 Å². The lowest BCUT2D eigenvalue weighted by Gasteiger charge is -2.35. The first-order valence-electron chi connectivity index (χ1n) is 6.78. The third-order valence-corrected chi connectivity index (χ3v) is 6.97. The van der Waals surface area contributed by atoms with Crippen molar-refractivity contribution >= 4 is 27.3 Å². The molecule has 2 rings (SSSR count). The molecule has 1 N–H and O–H groups in total. The number of sulfonamides is 1. The number of likely N-dealkylation sites (N-methyl/N-ethyl adjacent to an activating group) is 1. The fourth-order valence-corrected chi connectivity index (χ4v) is 4.54. The zero-order chi connectivity index (χ0) is 15.6. The van der Waals surface area contributed by atoms with Crippen molar-refractivity contribution in [2.75, 3.05) is 26.7 Å². The van der Waals surface area contributed by atoms with Gasteiger partial charge in [-0.25, -0.2) is 8.42 Å². The summed E-state index contributed by atoms with van der Waals surface area (Å²) in [4.78, 5) is 13.7. The van der Waals surface area contributed by atoms with Crippen LogP contribution in [0.15, 0.2) is 21.7 Å². The summed E-state index contributed by atoms with van der Waals surface area (Å²) >= 11 is 1.13. The number of carbonyl (C=O) groups is 1. The maximum absolute atomic E-state index is 12.2. The highest BCUT2D eigenvalue weighted by Crippen LogP contribution is 2.21. The smallest absolute Gasteiger partial charge is 0.252 e. The fraction of sp³-hybridized carbons (Fsp3) is 0.615. The van der Waals surface area contributed by atoms with Gasteiger partial charge in [0.05, 0.1) is 12.6 Å². The molecule has 0 aromatic carbocycles. The molecule has 1 fully saturated rings. The molecule has 0 aliphatic carbocycles. The summed E-state index contributed by atoms with van der Waals surface area (Å²) in [5.74, 6) is -0.106. The zero-order valence-electron chi connectivity index (χ0n) is 12.1. The van der Waals surface area contributed by atoms with Crippen LogP contribution < -0.4 is 0 Å². The van der Waals surface area contributed by atoms with Gasteiger partial charge in [-0.15, -0.1) is 11.3 Å². The van der Waals surface area contributed by atoms with Crippen molar-refractivity contribution in [3.8, 4) is 0 Å². The highest BCUT2D eigenvalue weighted by molar-refractivity contribution is 7.91. The Kier molecular flexibility index (Phi) is 5.03. The normalized spacial score (nSPS) is 23.5. The molecular formula is C13H20N2O4S2. The standard InChI is InChI=1S/C13H20N2O4S2/c1-10-5-6-15(8-11(10)16)12(17)9-14(2)21(18,19)13-4-3-7-20-13/h3-4,7,10-11,16H,5-6,8-9H2,1-2H3. The van der Waals surface area contributed by atoms with Gasteiger partial charge in [-0.05, 0) is 23.8 Å². The number of piperidine rings is 1. The van der Waals surface area contributed by atoms with Crippen molar-refractivity contribution < 1.29 is 18.3 Å². The lowest BCUT2D eigenvalue weighted by molar-refractivity contribution is -0.135. The van der Waals surface area contributed by atoms with E-state index >= 15 is 0 Å². The molecule has 0 radical (unpaired) electrons. The van der Waals surface area contributed by atoms with Crippen molar-refractivity contribution in [2.24, 2.45) is 5.92 Å². The Morgan fingerprint density at radius 3 is 2.86 bits per heavy atom. The molecule has 2 unspecified atom stereocenters. The average molecular weight is 332 g/mol. The summed E-state index contributed by atoms with van der Waals surface area (Å²) < 4.78 is 25.8. The molecule has 1 aromatic heterocycles. The van der Waals surface area contributed by atoms with Crippen LogP contribution in [0, 0.1) is 5.92 Å². The van der Waals surface area contributed by atoms with E-state index in [9.17, 15) is 18.3 Å². The molecule has 0 saturated carbocycles. The Balaban J connectivity index is 2.00. The molecule has 21 heavy (non-hydrogen) atoms. The van der Waals surface area contributed by atoms with Gasteiger partial charge in [-0.2, -0.15) is 4.31 Å². The third kappa shape index (κ3) is 3.63. The number of amides is 1. The summed E-state index contributed by atoms with van der Waals surface area (Å²) in [5.41, 5.74) is 0. The third-order valence-electron chi connectivity index (χ3n) is 3.79. The Hall–Kier alpha value is -0.960. The Morgan fingerprint density at radius 1 is 1.57 bits per heavy atom. The van der Waals surface area contributed by atoms with Crippen LogP contribution in [-0.2, 0) is 14.8 Å². The number of hydrogen-bond acceptors (Lipinski definition) is 5. The first-order valence-corrected chi connectivity index (χ1v) is 9.10. The Labute approximate surface area is 129 Å². The first-order chi connectivity index (χ1) is 9.82. The topological polar surface area (TPSA) is 77.9 Å². The highest BCUT2D eigenvalue weighted by atomic mass is 32.2. The molecule has 1 aromatic rings. The van der Waals surface area contributed by atoms with Gasteiger partial charge in [0.25, 0.3) is 10.0 Å². The molecular weight excluding hydrogens is 312 g/mol. The van der Waals surface area contributed by atoms with E-state index in [0.29, 0.717) is 6.54 Å². The Bertz CT molecular complexity index is 585. The highest BCUT2D eigenvalue weighted by Gasteiger charge is 2.30. The van der Waals surface area contributed by atoms with E-state index in [2.05, 4.69) is 0 Å². The molecule has 2 atom stereocenters. The number of nitrogens with zero attached hydrogens (tertiary/aromatic N) is 2. The maximum atomic E-state index is 12.2. The number of β-amino-alcohol motifs (C(OH)–C–C–N with tert-alkyl or cyclic N) is 1. The van der Waals surface area contributed by atoms with Crippen LogP contribution in [0.1, 0.15) is 13.3 Å². The molecule has 6 nitrogen and oxygen atoms in total. The minimum atomic E-state index is -3.61. The molecule has 8 heteroatoms. The van der Waals surface area contributed by atoms with Crippen LogP contribution in [0.4, 0.5) is 0 Å². The number of likely N-dealkylation sites (tertiary alicyclic amines) is 1. The second kappa shape index (κ2) is 6.43. The minimum absolute atomic E-state index is 0.168. The molecule has 1 saturated heterocycles. The van der Waals surface area contributed by atoms with Crippen molar-refractivity contribution in [1.29, 1.82) is 0 Å². The van der Waals surface area contributed by atoms with Crippen molar-refractivity contribution in [2.45, 2.75) is 23.7 Å². The monoisotopic (exact) mass is 332 g/mol. The number of carbonyl (C=O) groups excluding carboxylic acids is 1. The summed E-state index contributed by atoms with van der Waals surface area (Å²) in [6.07, 6.45) is 0.191. The Morgan fingerprint density at radius 2 is 2.29 bits per heavy atom. The van der Waals surface area contributed by atoms with Crippen molar-refractivity contribution in [3.05, 3.63) is 17.5 Å². The van der Waals surface area contributed by atoms with Crippen LogP contribution in [0.25, 0.3) is 0 Å². The second-order valence-corrected chi connectivity index (χ2v) is 8.59. The van der Waals surface area contributed by atoms with Crippen LogP contribution in [0.3, 0.4) is 0 Å². The predicted molar refractivity (Wildman–Crippen MR) is 80.5 cm³/mol. The molecule has 1 amide bonds. The number of aliphatic hydroxyl groups excluding tert-OH is 1. The lowest BCUT2D eigenvalue weighted by atomic mass is 9.96. The maximum Gasteiger partial charge on any atom is 0.252 e. The number of rotatable bonds is 4. The van der Waals surface area contributed by atoms with Gasteiger partial charge >= 0.3 is 0 Å². The summed E-state index contributed by atoms with van der Waals surface area (Å²) in [5, 5.41) is 11.5. The van der Waals surface area contributed by atoms with Gasteiger partial charge < -0.3 is 10.0 Å². The molecule has 0 bridgehead atoms. The number of hydrogen-bond donors (Lipinski definition) is 1. The molecule has 1 aliphatic rings. The van der Waals surface area contributed by atoms with Crippen LogP contribution in [0.5, 0.6) is 0 Å². The van der Waals surface area contributed by atoms with Crippen LogP contribution >= 0.6 is 11.3 Å². The van der Waals surface area contributed by atoms with Gasteiger partial charge in [0, 0.05) is 20.1 Å². The minimum Gasteiger partial charge on any atom is -0.391 e. The van der Waals surface area contributed by atoms with E-state index in [1.807, 2.05) is 6.92 Å². The SMILES string of the molecule is CC1CCN(C(=O)CN(C)S(=O)(=O)c2cccs2)CC1O. The van der Waals surface area contributed by atoms with E-state index in [-0.39, 0.29) is 29.1 Å². The zero-order valence-corrected chi connectivity index (χ0v) is 13.7. The van der Waals surface area contributed by atoms with E-state index in [1.54, 1.807) is 11.4 Å². The predicted octanol–water partition coefficient (Wildman–Crippen LogP) is 0.598. The van der Waals surface area contributed by atoms with Gasteiger partial charge in [-0.3, -0.25) is 4.79 Å². The number of aliphatic hydroxyl groups is 1. The van der Waals surface area contributed by atoms with Crippen LogP contribution in [0.2, 0.25) is 0 Å². The fourth-order valence-electron chi connectivity index (χ4n) is 2.21. The number of thiophene rings is 1. The summed E-state index contributed by atoms with van der Waals surface area (Å²) in [6.45, 7) is 2.57. The summed E-state index contributed by atoms with van der Waals surface area (Å²) in [7, 11) is -2.21. The van der Waals surface area contributed by atoms with Gasteiger partial charge in [-0.1, -0.05) is 13.0 Å². The average Bonchev–Trinajstić information content (AvgIpc) is 2.96. The second-order valence-electron chi connectivity index (χ2n) is 5.37. The first kappa shape index (κ1) is 16.4. The molecule has 2 heterocycles. The van der Waals surface area contributed by atoms with E-state index in [4.69, 9.17) is 0 Å². The quantitative estimate of drug-likeness (QED) is 0.876. The lowest BCUT2D eigenvalue weighted by Crippen LogP contribution is -2.49.